The third-order valence-electron chi connectivity index (χ3n) is 2.10. The third kappa shape index (κ3) is 2.19. The van der Waals surface area contributed by atoms with Gasteiger partial charge in [-0.05, 0) is 26.7 Å². The summed E-state index contributed by atoms with van der Waals surface area (Å²) in [6, 6.07) is 0. The summed E-state index contributed by atoms with van der Waals surface area (Å²) in [5.41, 5.74) is 4.59. The highest BCUT2D eigenvalue weighted by Crippen LogP contribution is 2.32. The first kappa shape index (κ1) is 10.5. The highest BCUT2D eigenvalue weighted by Gasteiger charge is 2.47. The summed E-state index contributed by atoms with van der Waals surface area (Å²) in [4.78, 5) is 11.2. The molecule has 0 radical (unpaired) electrons. The quantitative estimate of drug-likeness (QED) is 0.641. The van der Waals surface area contributed by atoms with Crippen molar-refractivity contribution < 1.29 is 13.2 Å². The minimum atomic E-state index is -3.52. The Kier molecular flexibility index (Phi) is 2.38. The van der Waals surface area contributed by atoms with Gasteiger partial charge in [0.05, 0.1) is 10.8 Å². The second-order valence-corrected chi connectivity index (χ2v) is 5.92. The number of rotatable bonds is 3. The molecule has 1 rings (SSSR count). The summed E-state index contributed by atoms with van der Waals surface area (Å²) < 4.78 is 24.4. The van der Waals surface area contributed by atoms with Crippen LogP contribution in [0.4, 0.5) is 0 Å². The number of nitrogens with two attached hydrogens (primary N) is 1. The number of hydrogen-bond acceptors (Lipinski definition) is 4. The Bertz CT molecular complexity index is 317. The van der Waals surface area contributed by atoms with E-state index in [2.05, 4.69) is 0 Å². The minimum absolute atomic E-state index is 0.562. The summed E-state index contributed by atoms with van der Waals surface area (Å²) in [6.07, 6.45) is 1.12. The monoisotopic (exact) mass is 206 g/mol. The molecule has 0 bridgehead atoms. The summed E-state index contributed by atoms with van der Waals surface area (Å²) in [5.74, 6) is -0.582. The van der Waals surface area contributed by atoms with Gasteiger partial charge in [0.1, 0.15) is 0 Å². The van der Waals surface area contributed by atoms with Crippen LogP contribution in [0.1, 0.15) is 26.7 Å². The van der Waals surface area contributed by atoms with E-state index in [1.807, 2.05) is 4.72 Å². The first-order valence-electron chi connectivity index (χ1n) is 4.13. The number of nitrogens with one attached hydrogen (secondary N) is 1. The van der Waals surface area contributed by atoms with Crippen molar-refractivity contribution in [3.05, 3.63) is 0 Å². The van der Waals surface area contributed by atoms with Crippen LogP contribution in [-0.2, 0) is 14.8 Å². The zero-order valence-electron chi connectivity index (χ0n) is 7.70. The number of carbonyl (C=O) groups is 1. The topological polar surface area (TPSA) is 89.3 Å². The lowest BCUT2D eigenvalue weighted by Gasteiger charge is -2.12. The SMILES string of the molecule is CC(C)S(=O)(=O)NC(=O)C1(N)CC1. The average Bonchev–Trinajstić information content (AvgIpc) is 2.68. The first-order valence-corrected chi connectivity index (χ1v) is 5.67. The van der Waals surface area contributed by atoms with Crippen molar-refractivity contribution in [1.82, 2.24) is 4.72 Å². The second-order valence-electron chi connectivity index (χ2n) is 3.68. The van der Waals surface area contributed by atoms with Crippen molar-refractivity contribution >= 4 is 15.9 Å². The normalized spacial score (nSPS) is 20.0. The number of carbonyl (C=O) groups excluding carboxylic acids is 1. The molecule has 1 amide bonds. The number of sulfonamides is 1. The Balaban J connectivity index is 2.64. The highest BCUT2D eigenvalue weighted by atomic mass is 32.2. The Morgan fingerprint density at radius 1 is 1.46 bits per heavy atom. The van der Waals surface area contributed by atoms with Gasteiger partial charge < -0.3 is 5.73 Å². The molecule has 0 aliphatic heterocycles. The number of hydrogen-bond donors (Lipinski definition) is 2. The largest absolute Gasteiger partial charge is 0.317 e. The van der Waals surface area contributed by atoms with Crippen LogP contribution >= 0.6 is 0 Å². The van der Waals surface area contributed by atoms with Gasteiger partial charge in [0.25, 0.3) is 5.91 Å². The van der Waals surface area contributed by atoms with Crippen molar-refractivity contribution in [1.29, 1.82) is 0 Å². The smallest absolute Gasteiger partial charge is 0.253 e. The molecule has 0 heterocycles. The van der Waals surface area contributed by atoms with E-state index in [9.17, 15) is 13.2 Å². The van der Waals surface area contributed by atoms with Crippen molar-refractivity contribution in [2.24, 2.45) is 5.73 Å². The molecule has 0 aromatic rings. The maximum atomic E-state index is 11.2. The van der Waals surface area contributed by atoms with Crippen LogP contribution in [0.25, 0.3) is 0 Å². The van der Waals surface area contributed by atoms with Crippen LogP contribution in [-0.4, -0.2) is 25.1 Å². The lowest BCUT2D eigenvalue weighted by Crippen LogP contribution is -2.47. The van der Waals surface area contributed by atoms with Crippen LogP contribution in [0.5, 0.6) is 0 Å². The van der Waals surface area contributed by atoms with E-state index in [1.165, 1.54) is 13.8 Å². The fraction of sp³-hybridized carbons (Fsp3) is 0.857. The summed E-state index contributed by atoms with van der Waals surface area (Å²) >= 11 is 0. The van der Waals surface area contributed by atoms with Crippen molar-refractivity contribution in [2.45, 2.75) is 37.5 Å². The average molecular weight is 206 g/mol. The zero-order chi connectivity index (χ0) is 10.3. The van der Waals surface area contributed by atoms with Gasteiger partial charge in [-0.3, -0.25) is 9.52 Å². The Hall–Kier alpha value is -0.620. The van der Waals surface area contributed by atoms with Crippen LogP contribution in [0.15, 0.2) is 0 Å². The van der Waals surface area contributed by atoms with E-state index in [1.54, 1.807) is 0 Å². The standard InChI is InChI=1S/C7H14N2O3S/c1-5(2)13(11,12)9-6(10)7(8)3-4-7/h5H,3-4,8H2,1-2H3,(H,9,10). The lowest BCUT2D eigenvalue weighted by molar-refractivity contribution is -0.121. The number of amides is 1. The molecule has 13 heavy (non-hydrogen) atoms. The molecular formula is C7H14N2O3S. The molecular weight excluding hydrogens is 192 g/mol. The van der Waals surface area contributed by atoms with Gasteiger partial charge in [0, 0.05) is 0 Å². The fourth-order valence-corrected chi connectivity index (χ4v) is 1.41. The molecule has 1 aliphatic carbocycles. The van der Waals surface area contributed by atoms with Crippen LogP contribution < -0.4 is 10.5 Å². The van der Waals surface area contributed by atoms with Crippen molar-refractivity contribution in [3.63, 3.8) is 0 Å². The Morgan fingerprint density at radius 2 is 1.92 bits per heavy atom. The van der Waals surface area contributed by atoms with E-state index in [4.69, 9.17) is 5.73 Å². The van der Waals surface area contributed by atoms with Gasteiger partial charge in [-0.25, -0.2) is 8.42 Å². The summed E-state index contributed by atoms with van der Waals surface area (Å²) in [6.45, 7) is 3.01. The van der Waals surface area contributed by atoms with Gasteiger partial charge in [0.15, 0.2) is 0 Å². The molecule has 0 spiro atoms. The zero-order valence-corrected chi connectivity index (χ0v) is 8.52. The van der Waals surface area contributed by atoms with Crippen molar-refractivity contribution in [2.75, 3.05) is 0 Å². The fourth-order valence-electron chi connectivity index (χ4n) is 0.710. The minimum Gasteiger partial charge on any atom is -0.317 e. The molecule has 0 aromatic heterocycles. The first-order chi connectivity index (χ1) is 5.78. The molecule has 5 nitrogen and oxygen atoms in total. The van der Waals surface area contributed by atoms with E-state index < -0.39 is 26.7 Å². The van der Waals surface area contributed by atoms with Gasteiger partial charge in [-0.15, -0.1) is 0 Å². The lowest BCUT2D eigenvalue weighted by atomic mass is 10.3. The summed E-state index contributed by atoms with van der Waals surface area (Å²) in [7, 11) is -3.52. The van der Waals surface area contributed by atoms with E-state index >= 15 is 0 Å². The molecule has 1 fully saturated rings. The molecule has 1 aliphatic rings. The maximum Gasteiger partial charge on any atom is 0.253 e. The molecule has 0 aromatic carbocycles. The van der Waals surface area contributed by atoms with Crippen LogP contribution in [0.3, 0.4) is 0 Å². The molecule has 0 saturated heterocycles. The van der Waals surface area contributed by atoms with E-state index in [0.717, 1.165) is 0 Å². The highest BCUT2D eigenvalue weighted by molar-refractivity contribution is 7.90. The van der Waals surface area contributed by atoms with E-state index in [-0.39, 0.29) is 0 Å². The second kappa shape index (κ2) is 2.95. The molecule has 1 saturated carbocycles. The summed E-state index contributed by atoms with van der Waals surface area (Å²) in [5, 5.41) is -0.612. The van der Waals surface area contributed by atoms with Gasteiger partial charge in [-0.1, -0.05) is 0 Å². The van der Waals surface area contributed by atoms with Gasteiger partial charge in [0.2, 0.25) is 10.0 Å². The Morgan fingerprint density at radius 3 is 2.23 bits per heavy atom. The van der Waals surface area contributed by atoms with Crippen LogP contribution in [0, 0.1) is 0 Å². The molecule has 76 valence electrons. The Labute approximate surface area is 77.7 Å². The van der Waals surface area contributed by atoms with Gasteiger partial charge >= 0.3 is 0 Å². The molecule has 6 heteroatoms. The van der Waals surface area contributed by atoms with E-state index in [0.29, 0.717) is 12.8 Å². The predicted octanol–water partition coefficient (Wildman–Crippen LogP) is -0.668. The maximum absolute atomic E-state index is 11.2. The third-order valence-corrected chi connectivity index (χ3v) is 3.81. The van der Waals surface area contributed by atoms with Gasteiger partial charge in [-0.2, -0.15) is 0 Å². The molecule has 0 unspecified atom stereocenters. The predicted molar refractivity (Wildman–Crippen MR) is 48.4 cm³/mol. The molecule has 0 atom stereocenters. The van der Waals surface area contributed by atoms with Crippen LogP contribution in [0.2, 0.25) is 0 Å². The molecule has 3 N–H and O–H groups in total. The van der Waals surface area contributed by atoms with Crippen molar-refractivity contribution in [3.8, 4) is 0 Å².